The summed E-state index contributed by atoms with van der Waals surface area (Å²) in [6.07, 6.45) is 2.09. The van der Waals surface area contributed by atoms with Crippen LogP contribution in [0.4, 0.5) is 0 Å². The highest BCUT2D eigenvalue weighted by atomic mass is 32.1. The number of hydrogen-bond donors (Lipinski definition) is 0. The third-order valence-electron chi connectivity index (χ3n) is 0.830. The molecule has 1 aromatic heterocycles. The van der Waals surface area contributed by atoms with E-state index in [1.807, 2.05) is 0 Å². The molecule has 48 valence electrons. The zero-order valence-electron chi connectivity index (χ0n) is 5.00. The van der Waals surface area contributed by atoms with Crippen molar-refractivity contribution in [2.75, 3.05) is 0 Å². The van der Waals surface area contributed by atoms with Crippen LogP contribution in [0.3, 0.4) is 0 Å². The summed E-state index contributed by atoms with van der Waals surface area (Å²) in [6.45, 7) is 1.56. The van der Waals surface area contributed by atoms with Gasteiger partial charge in [-0.1, -0.05) is 4.49 Å². The van der Waals surface area contributed by atoms with Crippen LogP contribution in [-0.4, -0.2) is 15.4 Å². The van der Waals surface area contributed by atoms with Crippen molar-refractivity contribution in [3.63, 3.8) is 0 Å². The largest absolute Gasteiger partial charge is 0.300 e. The lowest BCUT2D eigenvalue weighted by atomic mass is 10.3. The highest BCUT2D eigenvalue weighted by molar-refractivity contribution is 7.05. The molecule has 0 aliphatic rings. The van der Waals surface area contributed by atoms with E-state index in [0.717, 1.165) is 4.88 Å². The molecule has 1 heterocycles. The molecule has 4 heteroatoms. The first-order valence-electron chi connectivity index (χ1n) is 2.54. The molecule has 0 aromatic carbocycles. The Balaban J connectivity index is 2.58. The number of carbonyl (C=O) groups excluding carboxylic acids is 1. The second-order valence-electron chi connectivity index (χ2n) is 1.76. The minimum atomic E-state index is 0.154. The Bertz CT molecular complexity index is 195. The Morgan fingerprint density at radius 2 is 2.67 bits per heavy atom. The van der Waals surface area contributed by atoms with Gasteiger partial charge in [0.1, 0.15) is 5.78 Å². The zero-order chi connectivity index (χ0) is 6.69. The van der Waals surface area contributed by atoms with Crippen LogP contribution in [0, 0.1) is 0 Å². The SMILES string of the molecule is CC(=O)Cc1cnns1. The highest BCUT2D eigenvalue weighted by Crippen LogP contribution is 2.02. The van der Waals surface area contributed by atoms with Gasteiger partial charge in [0.15, 0.2) is 0 Å². The highest BCUT2D eigenvalue weighted by Gasteiger charge is 1.97. The van der Waals surface area contributed by atoms with Crippen LogP contribution in [0.5, 0.6) is 0 Å². The summed E-state index contributed by atoms with van der Waals surface area (Å²) in [5, 5.41) is 3.59. The van der Waals surface area contributed by atoms with Crippen molar-refractivity contribution in [3.8, 4) is 0 Å². The molecule has 0 N–H and O–H groups in total. The van der Waals surface area contributed by atoms with Gasteiger partial charge in [0.05, 0.1) is 11.1 Å². The average Bonchev–Trinajstić information content (AvgIpc) is 2.15. The van der Waals surface area contributed by atoms with Crippen LogP contribution in [0.15, 0.2) is 6.20 Å². The molecule has 0 saturated carbocycles. The lowest BCUT2D eigenvalue weighted by molar-refractivity contribution is -0.116. The lowest BCUT2D eigenvalue weighted by Gasteiger charge is -1.83. The first-order valence-corrected chi connectivity index (χ1v) is 3.32. The number of rotatable bonds is 2. The molecule has 0 atom stereocenters. The zero-order valence-corrected chi connectivity index (χ0v) is 5.81. The molecular formula is C5H6N2OS. The Morgan fingerprint density at radius 1 is 1.89 bits per heavy atom. The van der Waals surface area contributed by atoms with Gasteiger partial charge in [-0.2, -0.15) is 0 Å². The Labute approximate surface area is 56.9 Å². The number of carbonyl (C=O) groups is 1. The summed E-state index contributed by atoms with van der Waals surface area (Å²) in [7, 11) is 0. The molecule has 0 unspecified atom stereocenters. The first-order chi connectivity index (χ1) is 4.29. The summed E-state index contributed by atoms with van der Waals surface area (Å²) in [5.41, 5.74) is 0. The molecule has 0 spiro atoms. The van der Waals surface area contributed by atoms with Crippen LogP contribution in [0.25, 0.3) is 0 Å². The maximum absolute atomic E-state index is 10.5. The van der Waals surface area contributed by atoms with Crippen molar-refractivity contribution in [2.24, 2.45) is 0 Å². The molecule has 0 aliphatic carbocycles. The standard InChI is InChI=1S/C5H6N2OS/c1-4(8)2-5-3-6-7-9-5/h3H,2H2,1H3. The Kier molecular flexibility index (Phi) is 1.89. The molecule has 0 bridgehead atoms. The summed E-state index contributed by atoms with van der Waals surface area (Å²) in [5.74, 6) is 0.154. The van der Waals surface area contributed by atoms with E-state index >= 15 is 0 Å². The van der Waals surface area contributed by atoms with E-state index in [0.29, 0.717) is 6.42 Å². The Hall–Kier alpha value is -0.770. The van der Waals surface area contributed by atoms with Crippen LogP contribution < -0.4 is 0 Å². The fourth-order valence-electron chi connectivity index (χ4n) is 0.511. The van der Waals surface area contributed by atoms with Crippen LogP contribution >= 0.6 is 11.5 Å². The van der Waals surface area contributed by atoms with Crippen LogP contribution in [0.2, 0.25) is 0 Å². The number of nitrogens with zero attached hydrogens (tertiary/aromatic N) is 2. The third kappa shape index (κ3) is 1.89. The van der Waals surface area contributed by atoms with Crippen molar-refractivity contribution >= 4 is 17.3 Å². The van der Waals surface area contributed by atoms with Gasteiger partial charge in [0, 0.05) is 6.42 Å². The first kappa shape index (κ1) is 6.35. The maximum Gasteiger partial charge on any atom is 0.135 e. The van der Waals surface area contributed by atoms with Crippen molar-refractivity contribution < 1.29 is 4.79 Å². The van der Waals surface area contributed by atoms with E-state index in [1.54, 1.807) is 13.1 Å². The summed E-state index contributed by atoms with van der Waals surface area (Å²) >= 11 is 1.27. The van der Waals surface area contributed by atoms with E-state index in [4.69, 9.17) is 0 Å². The van der Waals surface area contributed by atoms with E-state index in [-0.39, 0.29) is 5.78 Å². The molecule has 3 nitrogen and oxygen atoms in total. The van der Waals surface area contributed by atoms with E-state index in [1.165, 1.54) is 11.5 Å². The van der Waals surface area contributed by atoms with Gasteiger partial charge in [-0.3, -0.25) is 4.79 Å². The molecule has 1 aromatic rings. The van der Waals surface area contributed by atoms with Gasteiger partial charge in [-0.25, -0.2) is 0 Å². The molecule has 0 fully saturated rings. The van der Waals surface area contributed by atoms with Crippen molar-refractivity contribution in [1.29, 1.82) is 0 Å². The number of aromatic nitrogens is 2. The molecule has 0 radical (unpaired) electrons. The van der Waals surface area contributed by atoms with Gasteiger partial charge < -0.3 is 0 Å². The summed E-state index contributed by atoms with van der Waals surface area (Å²) in [4.78, 5) is 11.4. The number of Topliss-reactive ketones (excluding diaryl/α,β-unsaturated/α-hetero) is 1. The van der Waals surface area contributed by atoms with Crippen LogP contribution in [-0.2, 0) is 11.2 Å². The van der Waals surface area contributed by atoms with Gasteiger partial charge in [0.2, 0.25) is 0 Å². The molecular weight excluding hydrogens is 136 g/mol. The van der Waals surface area contributed by atoms with E-state index < -0.39 is 0 Å². The predicted molar refractivity (Wildman–Crippen MR) is 34.3 cm³/mol. The van der Waals surface area contributed by atoms with Crippen molar-refractivity contribution in [1.82, 2.24) is 9.59 Å². The van der Waals surface area contributed by atoms with E-state index in [2.05, 4.69) is 9.59 Å². The lowest BCUT2D eigenvalue weighted by Crippen LogP contribution is -1.92. The second kappa shape index (κ2) is 2.68. The predicted octanol–water partition coefficient (Wildman–Crippen LogP) is 0.670. The molecule has 0 aliphatic heterocycles. The minimum Gasteiger partial charge on any atom is -0.300 e. The summed E-state index contributed by atoms with van der Waals surface area (Å²) in [6, 6.07) is 0. The average molecular weight is 142 g/mol. The monoisotopic (exact) mass is 142 g/mol. The molecule has 0 amide bonds. The Morgan fingerprint density at radius 3 is 3.11 bits per heavy atom. The van der Waals surface area contributed by atoms with E-state index in [9.17, 15) is 4.79 Å². The minimum absolute atomic E-state index is 0.154. The quantitative estimate of drug-likeness (QED) is 0.609. The third-order valence-corrected chi connectivity index (χ3v) is 1.49. The second-order valence-corrected chi connectivity index (χ2v) is 2.63. The number of ketones is 1. The smallest absolute Gasteiger partial charge is 0.135 e. The molecule has 0 saturated heterocycles. The van der Waals surface area contributed by atoms with Gasteiger partial charge in [-0.15, -0.1) is 5.10 Å². The maximum atomic E-state index is 10.5. The summed E-state index contributed by atoms with van der Waals surface area (Å²) < 4.78 is 3.61. The molecule has 1 rings (SSSR count). The van der Waals surface area contributed by atoms with Crippen molar-refractivity contribution in [2.45, 2.75) is 13.3 Å². The van der Waals surface area contributed by atoms with Crippen molar-refractivity contribution in [3.05, 3.63) is 11.1 Å². The normalized spacial score (nSPS) is 9.44. The van der Waals surface area contributed by atoms with Gasteiger partial charge in [-0.05, 0) is 18.5 Å². The fourth-order valence-corrected chi connectivity index (χ4v) is 1.07. The van der Waals surface area contributed by atoms with Crippen LogP contribution in [0.1, 0.15) is 11.8 Å². The number of hydrogen-bond acceptors (Lipinski definition) is 4. The van der Waals surface area contributed by atoms with Gasteiger partial charge >= 0.3 is 0 Å². The molecule has 9 heavy (non-hydrogen) atoms. The topological polar surface area (TPSA) is 42.9 Å². The fraction of sp³-hybridized carbons (Fsp3) is 0.400. The van der Waals surface area contributed by atoms with Gasteiger partial charge in [0.25, 0.3) is 0 Å².